The summed E-state index contributed by atoms with van der Waals surface area (Å²) >= 11 is 2.94. The number of rotatable bonds is 3. The molecule has 1 aromatic rings. The second-order valence-electron chi connectivity index (χ2n) is 3.98. The summed E-state index contributed by atoms with van der Waals surface area (Å²) in [6, 6.07) is 2.04. The van der Waals surface area contributed by atoms with E-state index in [1.165, 1.54) is 0 Å². The van der Waals surface area contributed by atoms with Crippen LogP contribution in [0.1, 0.15) is 23.2 Å². The van der Waals surface area contributed by atoms with Crippen LogP contribution in [0.25, 0.3) is 0 Å². The maximum Gasteiger partial charge on any atom is 0.344 e. The van der Waals surface area contributed by atoms with Gasteiger partial charge in [0.2, 0.25) is 0 Å². The summed E-state index contributed by atoms with van der Waals surface area (Å²) in [5.41, 5.74) is -0.670. The lowest BCUT2D eigenvalue weighted by molar-refractivity contribution is 0.0153. The summed E-state index contributed by atoms with van der Waals surface area (Å²) in [6.07, 6.45) is 1.53. The second kappa shape index (κ2) is 5.75. The van der Waals surface area contributed by atoms with E-state index in [4.69, 9.17) is 9.47 Å². The van der Waals surface area contributed by atoms with E-state index in [-0.39, 0.29) is 17.2 Å². The number of ether oxygens (including phenoxy) is 2. The zero-order chi connectivity index (χ0) is 13.1. The van der Waals surface area contributed by atoms with Crippen molar-refractivity contribution < 1.29 is 23.0 Å². The van der Waals surface area contributed by atoms with Crippen molar-refractivity contribution in [3.05, 3.63) is 33.8 Å². The maximum absolute atomic E-state index is 13.5. The molecule has 1 atom stereocenters. The van der Waals surface area contributed by atoms with E-state index in [0.29, 0.717) is 6.61 Å². The molecule has 1 heterocycles. The number of benzene rings is 1. The molecule has 0 N–H and O–H groups in total. The summed E-state index contributed by atoms with van der Waals surface area (Å²) in [7, 11) is 0. The molecule has 1 saturated heterocycles. The summed E-state index contributed by atoms with van der Waals surface area (Å²) in [5, 5.41) is 0. The molecule has 0 saturated carbocycles. The molecule has 0 aromatic heterocycles. The van der Waals surface area contributed by atoms with Crippen LogP contribution in [0.5, 0.6) is 0 Å². The molecule has 3 nitrogen and oxygen atoms in total. The van der Waals surface area contributed by atoms with Gasteiger partial charge in [-0.25, -0.2) is 13.6 Å². The van der Waals surface area contributed by atoms with Crippen LogP contribution < -0.4 is 0 Å². The van der Waals surface area contributed by atoms with Crippen LogP contribution in [0.2, 0.25) is 0 Å². The number of halogens is 3. The van der Waals surface area contributed by atoms with Crippen molar-refractivity contribution in [3.63, 3.8) is 0 Å². The predicted octanol–water partition coefficient (Wildman–Crippen LogP) is 3.06. The molecule has 0 spiro atoms. The Balaban J connectivity index is 2.04. The average molecular weight is 321 g/mol. The first-order valence-corrected chi connectivity index (χ1v) is 6.30. The van der Waals surface area contributed by atoms with Crippen LogP contribution in [0.15, 0.2) is 16.6 Å². The summed E-state index contributed by atoms with van der Waals surface area (Å²) < 4.78 is 37.3. The molecule has 0 radical (unpaired) electrons. The first-order chi connectivity index (χ1) is 8.58. The van der Waals surface area contributed by atoms with E-state index in [0.717, 1.165) is 25.0 Å². The highest BCUT2D eigenvalue weighted by Gasteiger charge is 2.22. The SMILES string of the molecule is O=C(OC[C@@H]1CCCO1)c1c(F)cc(Br)cc1F. The number of hydrogen-bond donors (Lipinski definition) is 0. The Kier molecular flexibility index (Phi) is 4.29. The first-order valence-electron chi connectivity index (χ1n) is 5.51. The highest BCUT2D eigenvalue weighted by atomic mass is 79.9. The van der Waals surface area contributed by atoms with Crippen LogP contribution in [0.3, 0.4) is 0 Å². The van der Waals surface area contributed by atoms with E-state index in [1.807, 2.05) is 0 Å². The highest BCUT2D eigenvalue weighted by Crippen LogP contribution is 2.21. The van der Waals surface area contributed by atoms with Crippen LogP contribution in [-0.2, 0) is 9.47 Å². The van der Waals surface area contributed by atoms with Gasteiger partial charge in [-0.05, 0) is 25.0 Å². The molecule has 1 fully saturated rings. The van der Waals surface area contributed by atoms with Crippen molar-refractivity contribution in [2.75, 3.05) is 13.2 Å². The minimum absolute atomic E-state index is 0.0216. The Morgan fingerprint density at radius 3 is 2.67 bits per heavy atom. The summed E-state index contributed by atoms with van der Waals surface area (Å²) in [5.74, 6) is -2.90. The van der Waals surface area contributed by atoms with Gasteiger partial charge in [0.25, 0.3) is 0 Å². The van der Waals surface area contributed by atoms with Crippen LogP contribution >= 0.6 is 15.9 Å². The number of esters is 1. The Hall–Kier alpha value is -1.01. The molecular weight excluding hydrogens is 310 g/mol. The lowest BCUT2D eigenvalue weighted by Gasteiger charge is -2.11. The number of carbonyl (C=O) groups is 1. The molecule has 18 heavy (non-hydrogen) atoms. The normalized spacial score (nSPS) is 18.9. The molecule has 0 unspecified atom stereocenters. The fraction of sp³-hybridized carbons (Fsp3) is 0.417. The largest absolute Gasteiger partial charge is 0.459 e. The number of carbonyl (C=O) groups excluding carboxylic acids is 1. The topological polar surface area (TPSA) is 35.5 Å². The van der Waals surface area contributed by atoms with Gasteiger partial charge in [0.05, 0.1) is 6.10 Å². The molecule has 0 bridgehead atoms. The zero-order valence-corrected chi connectivity index (χ0v) is 11.0. The van der Waals surface area contributed by atoms with Gasteiger partial charge in [0, 0.05) is 11.1 Å². The van der Waals surface area contributed by atoms with Crippen molar-refractivity contribution in [2.24, 2.45) is 0 Å². The summed E-state index contributed by atoms with van der Waals surface area (Å²) in [4.78, 5) is 11.6. The average Bonchev–Trinajstić information content (AvgIpc) is 2.77. The fourth-order valence-electron chi connectivity index (χ4n) is 1.75. The highest BCUT2D eigenvalue weighted by molar-refractivity contribution is 9.10. The van der Waals surface area contributed by atoms with E-state index in [2.05, 4.69) is 15.9 Å². The lowest BCUT2D eigenvalue weighted by atomic mass is 10.2. The van der Waals surface area contributed by atoms with E-state index in [1.54, 1.807) is 0 Å². The third-order valence-corrected chi connectivity index (χ3v) is 3.09. The van der Waals surface area contributed by atoms with E-state index in [9.17, 15) is 13.6 Å². The third-order valence-electron chi connectivity index (χ3n) is 2.64. The number of hydrogen-bond acceptors (Lipinski definition) is 3. The van der Waals surface area contributed by atoms with Gasteiger partial charge in [0.15, 0.2) is 0 Å². The summed E-state index contributed by atoms with van der Waals surface area (Å²) in [6.45, 7) is 0.650. The van der Waals surface area contributed by atoms with Crippen molar-refractivity contribution >= 4 is 21.9 Å². The van der Waals surface area contributed by atoms with Gasteiger partial charge < -0.3 is 9.47 Å². The standard InChI is InChI=1S/C12H11BrF2O3/c13-7-4-9(14)11(10(15)5-7)12(16)18-6-8-2-1-3-17-8/h4-5,8H,1-3,6H2/t8-/m0/s1. The Morgan fingerprint density at radius 2 is 2.11 bits per heavy atom. The minimum Gasteiger partial charge on any atom is -0.459 e. The zero-order valence-electron chi connectivity index (χ0n) is 9.42. The van der Waals surface area contributed by atoms with Crippen LogP contribution in [0.4, 0.5) is 8.78 Å². The van der Waals surface area contributed by atoms with Crippen LogP contribution in [0, 0.1) is 11.6 Å². The van der Waals surface area contributed by atoms with Gasteiger partial charge in [0.1, 0.15) is 23.8 Å². The third kappa shape index (κ3) is 3.05. The molecule has 98 valence electrons. The van der Waals surface area contributed by atoms with Gasteiger partial charge in [-0.2, -0.15) is 0 Å². The molecule has 1 aliphatic heterocycles. The quantitative estimate of drug-likeness (QED) is 0.803. The van der Waals surface area contributed by atoms with E-state index < -0.39 is 23.2 Å². The smallest absolute Gasteiger partial charge is 0.344 e. The van der Waals surface area contributed by atoms with Crippen molar-refractivity contribution in [1.82, 2.24) is 0 Å². The minimum atomic E-state index is -1.01. The van der Waals surface area contributed by atoms with Crippen molar-refractivity contribution in [3.8, 4) is 0 Å². The maximum atomic E-state index is 13.5. The molecule has 0 aliphatic carbocycles. The Morgan fingerprint density at radius 1 is 1.44 bits per heavy atom. The molecule has 2 rings (SSSR count). The second-order valence-corrected chi connectivity index (χ2v) is 4.89. The lowest BCUT2D eigenvalue weighted by Crippen LogP contribution is -2.19. The monoisotopic (exact) mass is 320 g/mol. The Labute approximate surface area is 111 Å². The fourth-order valence-corrected chi connectivity index (χ4v) is 2.16. The van der Waals surface area contributed by atoms with Crippen molar-refractivity contribution in [1.29, 1.82) is 0 Å². The molecular formula is C12H11BrF2O3. The van der Waals surface area contributed by atoms with Gasteiger partial charge in [-0.3, -0.25) is 0 Å². The van der Waals surface area contributed by atoms with Gasteiger partial charge >= 0.3 is 5.97 Å². The predicted molar refractivity (Wildman–Crippen MR) is 63.3 cm³/mol. The van der Waals surface area contributed by atoms with Crippen molar-refractivity contribution in [2.45, 2.75) is 18.9 Å². The van der Waals surface area contributed by atoms with E-state index >= 15 is 0 Å². The van der Waals surface area contributed by atoms with Crippen LogP contribution in [-0.4, -0.2) is 25.3 Å². The molecule has 1 aromatic carbocycles. The first kappa shape index (κ1) is 13.4. The Bertz CT molecular complexity index is 436. The van der Waals surface area contributed by atoms with Gasteiger partial charge in [-0.15, -0.1) is 0 Å². The molecule has 1 aliphatic rings. The molecule has 6 heteroatoms. The molecule has 0 amide bonds. The van der Waals surface area contributed by atoms with Gasteiger partial charge in [-0.1, -0.05) is 15.9 Å².